The van der Waals surface area contributed by atoms with E-state index in [2.05, 4.69) is 108 Å². The van der Waals surface area contributed by atoms with Crippen LogP contribution in [0.3, 0.4) is 0 Å². The highest BCUT2D eigenvalue weighted by Gasteiger charge is 2.21. The van der Waals surface area contributed by atoms with Gasteiger partial charge in [0, 0.05) is 98.3 Å². The van der Waals surface area contributed by atoms with Gasteiger partial charge in [0.25, 0.3) is 0 Å². The van der Waals surface area contributed by atoms with E-state index in [4.69, 9.17) is 23.7 Å². The number of rotatable bonds is 12. The number of thioether (sulfide) groups is 1. The summed E-state index contributed by atoms with van der Waals surface area (Å²) in [6.45, 7) is 19.5. The molecule has 2 aliphatic rings. The molecule has 0 bridgehead atoms. The predicted octanol–water partition coefficient (Wildman–Crippen LogP) is 11.1. The maximum Gasteiger partial charge on any atom is 0.206 e. The highest BCUT2D eigenvalue weighted by molar-refractivity contribution is 9.09. The van der Waals surface area contributed by atoms with E-state index in [9.17, 15) is 18.4 Å². The summed E-state index contributed by atoms with van der Waals surface area (Å²) >= 11 is 10.9. The van der Waals surface area contributed by atoms with Crippen molar-refractivity contribution < 1.29 is 18.4 Å². The molecule has 376 valence electrons. The Morgan fingerprint density at radius 3 is 1.70 bits per heavy atom. The number of thiazole rings is 1. The van der Waals surface area contributed by atoms with Crippen molar-refractivity contribution in [2.24, 2.45) is 10.7 Å². The van der Waals surface area contributed by atoms with E-state index in [1.165, 1.54) is 59.5 Å². The van der Waals surface area contributed by atoms with Gasteiger partial charge in [0.2, 0.25) is 5.78 Å². The number of carbonyl (C=O) groups is 2. The number of piperazine rings is 2. The molecule has 0 saturated carbocycles. The Hall–Kier alpha value is -4.55. The maximum absolute atomic E-state index is 13.4. The minimum atomic E-state index is -0.460. The average molecular weight is 1090 g/mol. The van der Waals surface area contributed by atoms with Crippen molar-refractivity contribution in [2.75, 3.05) is 89.6 Å². The Kier molecular flexibility index (Phi) is 26.6. The Labute approximate surface area is 433 Å². The van der Waals surface area contributed by atoms with Crippen molar-refractivity contribution in [3.8, 4) is 0 Å². The van der Waals surface area contributed by atoms with Gasteiger partial charge in [-0.2, -0.15) is 14.9 Å². The molecular weight excluding hydrogens is 1020 g/mol. The number of anilines is 6. The van der Waals surface area contributed by atoms with Gasteiger partial charge in [0.1, 0.15) is 22.3 Å². The lowest BCUT2D eigenvalue weighted by molar-refractivity contribution is 0.102. The number of hydrogen-bond acceptors (Lipinski definition) is 12. The molecule has 2 fully saturated rings. The van der Waals surface area contributed by atoms with Crippen LogP contribution in [0.4, 0.5) is 42.5 Å². The molecule has 7 rings (SSSR count). The number of halogens is 3. The Morgan fingerprint density at radius 1 is 0.783 bits per heavy atom. The second-order valence-electron chi connectivity index (χ2n) is 15.9. The highest BCUT2D eigenvalue weighted by Crippen LogP contribution is 2.31. The summed E-state index contributed by atoms with van der Waals surface area (Å²) in [6, 6.07) is 28.9. The molecule has 19 heteroatoms. The topological polar surface area (TPSA) is 148 Å². The van der Waals surface area contributed by atoms with Crippen LogP contribution in [0.2, 0.25) is 0 Å². The quantitative estimate of drug-likeness (QED) is 0.0235. The van der Waals surface area contributed by atoms with Crippen LogP contribution in [-0.2, 0) is 0 Å². The molecule has 2 aliphatic heterocycles. The van der Waals surface area contributed by atoms with Crippen LogP contribution >= 0.6 is 61.1 Å². The number of benzene rings is 4. The van der Waals surface area contributed by atoms with E-state index in [1.54, 1.807) is 12.1 Å². The molecule has 12 nitrogen and oxygen atoms in total. The van der Waals surface area contributed by atoms with Gasteiger partial charge in [-0.3, -0.25) is 19.4 Å². The van der Waals surface area contributed by atoms with Gasteiger partial charge >= 0.3 is 0 Å². The Bertz CT molecular complexity index is 2400. The number of hydrogen-bond donors (Lipinski definition) is 4. The first-order valence-corrected chi connectivity index (χ1v) is 25.1. The molecule has 3 heterocycles. The first-order valence-electron chi connectivity index (χ1n) is 21.8. The number of nitrogens with zero attached hydrogens (tertiary/aromatic N) is 6. The van der Waals surface area contributed by atoms with Crippen LogP contribution in [0.1, 0.15) is 75.1 Å². The molecule has 1 aromatic heterocycles. The molecule has 69 heavy (non-hydrogen) atoms. The van der Waals surface area contributed by atoms with E-state index in [1.807, 2.05) is 31.2 Å². The van der Waals surface area contributed by atoms with Crippen molar-refractivity contribution in [3.63, 3.8) is 0 Å². The van der Waals surface area contributed by atoms with Crippen LogP contribution < -0.4 is 31.9 Å². The molecule has 2 saturated heterocycles. The molecule has 4 aromatic carbocycles. The molecule has 1 unspecified atom stereocenters. The summed E-state index contributed by atoms with van der Waals surface area (Å²) in [5.74, 6) is -0.254. The zero-order chi connectivity index (χ0) is 47.8. The normalized spacial score (nSPS) is 13.9. The highest BCUT2D eigenvalue weighted by atomic mass is 79.9. The van der Waals surface area contributed by atoms with E-state index in [0.717, 1.165) is 80.8 Å². The number of aliphatic imine (C=N–C) groups is 1. The van der Waals surface area contributed by atoms with Gasteiger partial charge in [-0.25, -0.2) is 13.8 Å². The number of thiocarbonyl (C=S) groups is 1. The van der Waals surface area contributed by atoms with Crippen molar-refractivity contribution >= 4 is 117 Å². The summed E-state index contributed by atoms with van der Waals surface area (Å²) in [6.07, 6.45) is 0. The Morgan fingerprint density at radius 2 is 1.25 bits per heavy atom. The molecular formula is C50H70BrF2N10O2PS3. The molecule has 0 aliphatic carbocycles. The third-order valence-corrected chi connectivity index (χ3v) is 13.1. The van der Waals surface area contributed by atoms with Gasteiger partial charge in [-0.05, 0) is 118 Å². The number of aromatic nitrogens is 1. The number of alkyl halides is 1. The maximum atomic E-state index is 13.4. The first-order chi connectivity index (χ1) is 31.6. The molecule has 6 N–H and O–H groups in total. The second-order valence-corrected chi connectivity index (χ2v) is 19.1. The van der Waals surface area contributed by atoms with Gasteiger partial charge in [-0.1, -0.05) is 85.1 Å². The van der Waals surface area contributed by atoms with Gasteiger partial charge < -0.3 is 31.9 Å². The van der Waals surface area contributed by atoms with Gasteiger partial charge in [0.05, 0.1) is 5.33 Å². The monoisotopic (exact) mass is 1090 g/mol. The number of amidine groups is 1. The number of ketones is 2. The van der Waals surface area contributed by atoms with Crippen molar-refractivity contribution in [1.29, 1.82) is 0 Å². The number of carbonyl (C=O) groups excluding carboxylic acids is 2. The van der Waals surface area contributed by atoms with Crippen LogP contribution in [0, 0.1) is 11.6 Å². The van der Waals surface area contributed by atoms with E-state index >= 15 is 0 Å². The van der Waals surface area contributed by atoms with Gasteiger partial charge in [-0.15, -0.1) is 0 Å². The number of nitrogen functional groups attached to an aromatic ring is 1. The molecule has 5 aromatic rings. The minimum absolute atomic E-state index is 0. The third kappa shape index (κ3) is 18.9. The zero-order valence-corrected chi connectivity index (χ0v) is 44.1. The fraction of sp³-hybridized carbons (Fsp3) is 0.380. The summed E-state index contributed by atoms with van der Waals surface area (Å²) < 4.78 is 25.9. The smallest absolute Gasteiger partial charge is 0.206 e. The standard InChI is InChI=1S/C23H26FN5OS.C17H27N5S2.C8H6BrFO.2CH4.H3P/c1-15(2)28-10-12-29(13-11-28)19-8-6-18(7-9-19)26-23-27-22(25)21(31-23)20(30)16-4-3-5-17(24)14-16;1-4-24-16(18)20-17(23)19-14-5-7-15(8-6-14)22-11-9-21(10-12-22)13(2)3;9-5-8(11)6-2-1-3-7(10)4-6;;;/h3-9,14-15H,10-13,25H2,1-2H3,(H,26,27);5-8,13H,4,9-12H2,1-3H3,(H3,18,19,20,23);1-4H,5H2;2*1H4;1H3. The summed E-state index contributed by atoms with van der Waals surface area (Å²) in [5.41, 5.74) is 16.6. The van der Waals surface area contributed by atoms with Crippen LogP contribution in [0.25, 0.3) is 0 Å². The fourth-order valence-corrected chi connectivity index (χ4v) is 9.02. The Balaban J connectivity index is 0.000000383. The molecule has 1 atom stereocenters. The van der Waals surface area contributed by atoms with Crippen molar-refractivity contribution in [1.82, 2.24) is 14.8 Å². The minimum Gasteiger partial charge on any atom is -0.382 e. The third-order valence-electron chi connectivity index (χ3n) is 10.8. The van der Waals surface area contributed by atoms with Crippen molar-refractivity contribution in [2.45, 2.75) is 61.6 Å². The predicted molar refractivity (Wildman–Crippen MR) is 305 cm³/mol. The number of nitrogens with two attached hydrogens (primary N) is 2. The van der Waals surface area contributed by atoms with Crippen LogP contribution in [-0.4, -0.2) is 112 Å². The molecule has 0 radical (unpaired) electrons. The number of nitrogens with one attached hydrogen (secondary N) is 2. The fourth-order valence-electron chi connectivity index (χ4n) is 7.11. The SMILES string of the molecule is C.C.CC(C)N1CCN(c2ccc(Nc3nc(N)c(C(=O)c4cccc(F)c4)s3)cc2)CC1.CCSC(N)=NC(=S)Nc1ccc(N2CCN(C(C)C)CC2)cc1.O=C(CBr)c1cccc(F)c1.P. The number of Topliss-reactive ketones (excluding diaryl/α,β-unsaturated/α-hetero) is 1. The molecule has 0 spiro atoms. The van der Waals surface area contributed by atoms with Crippen LogP contribution in [0.5, 0.6) is 0 Å². The lowest BCUT2D eigenvalue weighted by Crippen LogP contribution is -2.48. The summed E-state index contributed by atoms with van der Waals surface area (Å²) in [5, 5.41) is 7.96. The summed E-state index contributed by atoms with van der Waals surface area (Å²) in [4.78, 5) is 42.2. The lowest BCUT2D eigenvalue weighted by atomic mass is 10.1. The van der Waals surface area contributed by atoms with E-state index in [-0.39, 0.29) is 58.8 Å². The van der Waals surface area contributed by atoms with E-state index in [0.29, 0.717) is 37.9 Å². The van der Waals surface area contributed by atoms with E-state index < -0.39 is 5.82 Å². The second kappa shape index (κ2) is 30.2. The van der Waals surface area contributed by atoms with Crippen molar-refractivity contribution in [3.05, 3.63) is 125 Å². The summed E-state index contributed by atoms with van der Waals surface area (Å²) in [7, 11) is 0. The zero-order valence-electron chi connectivity index (χ0n) is 38.7. The average Bonchev–Trinajstić information content (AvgIpc) is 3.68. The molecule has 0 amide bonds. The first kappa shape index (κ1) is 60.6. The largest absolute Gasteiger partial charge is 0.382 e. The van der Waals surface area contributed by atoms with Gasteiger partial charge in [0.15, 0.2) is 21.2 Å². The van der Waals surface area contributed by atoms with Crippen LogP contribution in [0.15, 0.2) is 102 Å². The lowest BCUT2D eigenvalue weighted by Gasteiger charge is -2.38.